The first-order chi connectivity index (χ1) is 9.31. The van der Waals surface area contributed by atoms with Gasteiger partial charge in [-0.15, -0.1) is 11.3 Å². The van der Waals surface area contributed by atoms with Gasteiger partial charge in [-0.2, -0.15) is 0 Å². The second-order valence-electron chi connectivity index (χ2n) is 4.44. The predicted octanol–water partition coefficient (Wildman–Crippen LogP) is 3.18. The molecule has 0 saturated heterocycles. The van der Waals surface area contributed by atoms with Crippen molar-refractivity contribution in [3.8, 4) is 5.88 Å². The molecular weight excluding hydrogens is 256 g/mol. The zero-order valence-corrected chi connectivity index (χ0v) is 12.1. The van der Waals surface area contributed by atoms with Crippen LogP contribution in [0.25, 0.3) is 0 Å². The first kappa shape index (κ1) is 14.0. The monoisotopic (exact) mass is 276 g/mol. The number of aromatic nitrogens is 1. The molecular formula is C15H20N2OS. The van der Waals surface area contributed by atoms with Gasteiger partial charge in [0.1, 0.15) is 0 Å². The molecule has 2 heterocycles. The number of rotatable bonds is 7. The lowest BCUT2D eigenvalue weighted by molar-refractivity contribution is 0.309. The van der Waals surface area contributed by atoms with Crippen LogP contribution in [0.4, 0.5) is 0 Å². The number of hydrogen-bond donors (Lipinski definition) is 1. The molecule has 0 atom stereocenters. The summed E-state index contributed by atoms with van der Waals surface area (Å²) in [6.45, 7) is 3.34. The van der Waals surface area contributed by atoms with E-state index in [0.717, 1.165) is 30.5 Å². The molecule has 0 bridgehead atoms. The fraction of sp³-hybridized carbons (Fsp3) is 0.400. The number of nitrogens with zero attached hydrogens (tertiary/aromatic N) is 1. The van der Waals surface area contributed by atoms with Gasteiger partial charge in [0.15, 0.2) is 0 Å². The number of aryl methyl sites for hydroxylation is 1. The van der Waals surface area contributed by atoms with Crippen LogP contribution in [0.1, 0.15) is 29.5 Å². The van der Waals surface area contributed by atoms with Gasteiger partial charge >= 0.3 is 0 Å². The zero-order valence-electron chi connectivity index (χ0n) is 11.3. The van der Waals surface area contributed by atoms with Crippen LogP contribution in [0.2, 0.25) is 0 Å². The molecule has 4 heteroatoms. The van der Waals surface area contributed by atoms with Crippen LogP contribution in [-0.2, 0) is 19.4 Å². The molecule has 0 aliphatic carbocycles. The predicted molar refractivity (Wildman–Crippen MR) is 79.6 cm³/mol. The molecule has 2 rings (SSSR count). The molecule has 0 aliphatic heterocycles. The Labute approximate surface area is 118 Å². The fourth-order valence-corrected chi connectivity index (χ4v) is 2.60. The van der Waals surface area contributed by atoms with E-state index in [9.17, 15) is 0 Å². The summed E-state index contributed by atoms with van der Waals surface area (Å²) in [6, 6.07) is 8.19. The van der Waals surface area contributed by atoms with E-state index in [-0.39, 0.29) is 0 Å². The topological polar surface area (TPSA) is 48.1 Å². The number of pyridine rings is 1. The molecule has 0 fully saturated rings. The molecule has 0 spiro atoms. The molecule has 0 unspecified atom stereocenters. The third kappa shape index (κ3) is 4.33. The van der Waals surface area contributed by atoms with Crippen molar-refractivity contribution in [3.63, 3.8) is 0 Å². The summed E-state index contributed by atoms with van der Waals surface area (Å²) in [5, 5.41) is 2.09. The van der Waals surface area contributed by atoms with E-state index in [4.69, 9.17) is 10.5 Å². The van der Waals surface area contributed by atoms with Crippen LogP contribution < -0.4 is 10.5 Å². The van der Waals surface area contributed by atoms with Gasteiger partial charge in [-0.3, -0.25) is 0 Å². The van der Waals surface area contributed by atoms with Gasteiger partial charge in [-0.25, -0.2) is 4.98 Å². The van der Waals surface area contributed by atoms with Crippen LogP contribution >= 0.6 is 11.3 Å². The lowest BCUT2D eigenvalue weighted by Gasteiger charge is -2.08. The molecule has 3 nitrogen and oxygen atoms in total. The standard InChI is InChI=1S/C15H20N2OS/c1-2-4-13-9-12(11-16)10-15(17-13)18-7-6-14-5-3-8-19-14/h3,5,8-10H,2,4,6-7,11,16H2,1H3. The number of hydrogen-bond acceptors (Lipinski definition) is 4. The fourth-order valence-electron chi connectivity index (χ4n) is 1.91. The van der Waals surface area contributed by atoms with Crippen LogP contribution in [-0.4, -0.2) is 11.6 Å². The Morgan fingerprint density at radius 3 is 2.89 bits per heavy atom. The van der Waals surface area contributed by atoms with Crippen molar-refractivity contribution in [2.24, 2.45) is 5.73 Å². The van der Waals surface area contributed by atoms with Gasteiger partial charge in [0.2, 0.25) is 5.88 Å². The van der Waals surface area contributed by atoms with E-state index in [1.54, 1.807) is 11.3 Å². The average Bonchev–Trinajstić information content (AvgIpc) is 2.92. The highest BCUT2D eigenvalue weighted by atomic mass is 32.1. The normalized spacial score (nSPS) is 10.6. The maximum atomic E-state index is 5.75. The number of nitrogens with two attached hydrogens (primary N) is 1. The summed E-state index contributed by atoms with van der Waals surface area (Å²) < 4.78 is 5.75. The van der Waals surface area contributed by atoms with Crippen molar-refractivity contribution < 1.29 is 4.74 Å². The number of ether oxygens (including phenoxy) is 1. The molecule has 102 valence electrons. The third-order valence-corrected chi connectivity index (χ3v) is 3.77. The van der Waals surface area contributed by atoms with E-state index in [0.29, 0.717) is 19.0 Å². The van der Waals surface area contributed by atoms with E-state index >= 15 is 0 Å². The van der Waals surface area contributed by atoms with Crippen molar-refractivity contribution in [2.45, 2.75) is 32.7 Å². The molecule has 2 aromatic heterocycles. The second kappa shape index (κ2) is 7.26. The minimum atomic E-state index is 0.528. The molecule has 2 aromatic rings. The highest BCUT2D eigenvalue weighted by Crippen LogP contribution is 2.15. The van der Waals surface area contributed by atoms with Crippen molar-refractivity contribution in [3.05, 3.63) is 45.8 Å². The van der Waals surface area contributed by atoms with Gasteiger partial charge in [0.05, 0.1) is 6.61 Å². The van der Waals surface area contributed by atoms with Gasteiger partial charge in [-0.05, 0) is 29.5 Å². The molecule has 0 aliphatic rings. The van der Waals surface area contributed by atoms with Crippen LogP contribution in [0, 0.1) is 0 Å². The molecule has 0 amide bonds. The maximum Gasteiger partial charge on any atom is 0.213 e. The Morgan fingerprint density at radius 2 is 2.21 bits per heavy atom. The summed E-state index contributed by atoms with van der Waals surface area (Å²) in [5.74, 6) is 0.697. The Hall–Kier alpha value is -1.39. The highest BCUT2D eigenvalue weighted by Gasteiger charge is 2.03. The van der Waals surface area contributed by atoms with E-state index < -0.39 is 0 Å². The minimum absolute atomic E-state index is 0.528. The van der Waals surface area contributed by atoms with Gasteiger partial charge in [-0.1, -0.05) is 19.4 Å². The molecule has 0 radical (unpaired) electrons. The SMILES string of the molecule is CCCc1cc(CN)cc(OCCc2cccs2)n1. The van der Waals surface area contributed by atoms with Crippen molar-refractivity contribution >= 4 is 11.3 Å². The smallest absolute Gasteiger partial charge is 0.213 e. The summed E-state index contributed by atoms with van der Waals surface area (Å²) in [7, 11) is 0. The maximum absolute atomic E-state index is 5.75. The molecule has 0 saturated carbocycles. The highest BCUT2D eigenvalue weighted by molar-refractivity contribution is 7.09. The third-order valence-electron chi connectivity index (χ3n) is 2.84. The van der Waals surface area contributed by atoms with Crippen molar-refractivity contribution in [1.29, 1.82) is 0 Å². The lowest BCUT2D eigenvalue weighted by Crippen LogP contribution is -2.05. The molecule has 2 N–H and O–H groups in total. The average molecular weight is 276 g/mol. The second-order valence-corrected chi connectivity index (χ2v) is 5.47. The van der Waals surface area contributed by atoms with Crippen molar-refractivity contribution in [2.75, 3.05) is 6.61 Å². The quantitative estimate of drug-likeness (QED) is 0.845. The molecule has 0 aromatic carbocycles. The van der Waals surface area contributed by atoms with Gasteiger partial charge < -0.3 is 10.5 Å². The summed E-state index contributed by atoms with van der Waals surface area (Å²) in [6.07, 6.45) is 2.97. The first-order valence-corrected chi connectivity index (χ1v) is 7.55. The van der Waals surface area contributed by atoms with E-state index in [1.807, 2.05) is 6.07 Å². The van der Waals surface area contributed by atoms with E-state index in [1.165, 1.54) is 4.88 Å². The summed E-state index contributed by atoms with van der Waals surface area (Å²) >= 11 is 1.76. The van der Waals surface area contributed by atoms with Crippen LogP contribution in [0.15, 0.2) is 29.6 Å². The Kier molecular flexibility index (Phi) is 5.36. The zero-order chi connectivity index (χ0) is 13.5. The summed E-state index contributed by atoms with van der Waals surface area (Å²) in [5.41, 5.74) is 7.86. The van der Waals surface area contributed by atoms with Crippen molar-refractivity contribution in [1.82, 2.24) is 4.98 Å². The Balaban J connectivity index is 1.96. The largest absolute Gasteiger partial charge is 0.477 e. The lowest BCUT2D eigenvalue weighted by atomic mass is 10.1. The first-order valence-electron chi connectivity index (χ1n) is 6.67. The van der Waals surface area contributed by atoms with Gasteiger partial charge in [0, 0.05) is 29.6 Å². The van der Waals surface area contributed by atoms with Gasteiger partial charge in [0.25, 0.3) is 0 Å². The minimum Gasteiger partial charge on any atom is -0.477 e. The number of thiophene rings is 1. The van der Waals surface area contributed by atoms with E-state index in [2.05, 4.69) is 35.5 Å². The Bertz CT molecular complexity index is 497. The van der Waals surface area contributed by atoms with Crippen LogP contribution in [0.3, 0.4) is 0 Å². The molecule has 19 heavy (non-hydrogen) atoms. The van der Waals surface area contributed by atoms with Crippen LogP contribution in [0.5, 0.6) is 5.88 Å². The Morgan fingerprint density at radius 1 is 1.32 bits per heavy atom. The summed E-state index contributed by atoms with van der Waals surface area (Å²) in [4.78, 5) is 5.85.